The quantitative estimate of drug-likeness (QED) is 0.671. The molecule has 3 aromatic rings. The Kier molecular flexibility index (Phi) is 4.15. The van der Waals surface area contributed by atoms with E-state index in [0.717, 1.165) is 19.4 Å². The molecule has 0 aliphatic heterocycles. The van der Waals surface area contributed by atoms with Crippen molar-refractivity contribution in [3.05, 3.63) is 78.1 Å². The zero-order valence-electron chi connectivity index (χ0n) is 12.4. The van der Waals surface area contributed by atoms with Crippen LogP contribution in [0.25, 0.3) is 11.1 Å². The normalized spacial score (nSPS) is 10.7. The second-order valence-corrected chi connectivity index (χ2v) is 5.40. The van der Waals surface area contributed by atoms with Gasteiger partial charge in [0.25, 0.3) is 0 Å². The molecule has 0 unspecified atom stereocenters. The number of rotatable bonds is 5. The lowest BCUT2D eigenvalue weighted by Gasteiger charge is -2.03. The topological polar surface area (TPSA) is 17.8 Å². The van der Waals surface area contributed by atoms with E-state index in [0.29, 0.717) is 0 Å². The van der Waals surface area contributed by atoms with Crippen molar-refractivity contribution in [3.8, 4) is 11.1 Å². The van der Waals surface area contributed by atoms with Crippen molar-refractivity contribution in [3.63, 3.8) is 0 Å². The van der Waals surface area contributed by atoms with Crippen LogP contribution in [0.2, 0.25) is 0 Å². The summed E-state index contributed by atoms with van der Waals surface area (Å²) in [5.41, 5.74) is 5.16. The highest BCUT2D eigenvalue weighted by Gasteiger charge is 2.04. The molecule has 1 heterocycles. The third-order valence-electron chi connectivity index (χ3n) is 3.78. The predicted molar refractivity (Wildman–Crippen MR) is 87.2 cm³/mol. The average molecular weight is 276 g/mol. The van der Waals surface area contributed by atoms with E-state index in [2.05, 4.69) is 72.8 Å². The Morgan fingerprint density at radius 2 is 1.71 bits per heavy atom. The average Bonchev–Trinajstić information content (AvgIpc) is 2.97. The van der Waals surface area contributed by atoms with E-state index < -0.39 is 0 Å². The number of hydrogen-bond acceptors (Lipinski definition) is 1. The van der Waals surface area contributed by atoms with Gasteiger partial charge in [-0.2, -0.15) is 5.10 Å². The maximum absolute atomic E-state index is 4.48. The van der Waals surface area contributed by atoms with Gasteiger partial charge in [-0.25, -0.2) is 0 Å². The van der Waals surface area contributed by atoms with Gasteiger partial charge in [-0.3, -0.25) is 4.68 Å². The molecule has 2 heteroatoms. The van der Waals surface area contributed by atoms with Crippen molar-refractivity contribution in [2.45, 2.75) is 26.3 Å². The van der Waals surface area contributed by atoms with Crippen molar-refractivity contribution >= 4 is 0 Å². The first-order chi connectivity index (χ1) is 10.3. The highest BCUT2D eigenvalue weighted by molar-refractivity contribution is 5.65. The molecule has 0 radical (unpaired) electrons. The highest BCUT2D eigenvalue weighted by atomic mass is 15.3. The molecule has 0 bridgehead atoms. The van der Waals surface area contributed by atoms with E-state index in [9.17, 15) is 0 Å². The Morgan fingerprint density at radius 1 is 0.952 bits per heavy atom. The molecular weight excluding hydrogens is 256 g/mol. The van der Waals surface area contributed by atoms with Crippen LogP contribution in [0.15, 0.2) is 67.0 Å². The van der Waals surface area contributed by atoms with E-state index in [1.165, 1.54) is 22.3 Å². The van der Waals surface area contributed by atoms with Crippen LogP contribution in [-0.4, -0.2) is 9.78 Å². The van der Waals surface area contributed by atoms with Gasteiger partial charge in [-0.15, -0.1) is 0 Å². The van der Waals surface area contributed by atoms with Gasteiger partial charge in [-0.1, -0.05) is 54.6 Å². The minimum atomic E-state index is 0.959. The molecule has 3 rings (SSSR count). The van der Waals surface area contributed by atoms with Crippen LogP contribution in [0, 0.1) is 6.92 Å². The predicted octanol–water partition coefficient (Wildman–Crippen LogP) is 4.49. The zero-order chi connectivity index (χ0) is 14.5. The summed E-state index contributed by atoms with van der Waals surface area (Å²) in [6, 6.07) is 19.1. The molecule has 0 saturated heterocycles. The van der Waals surface area contributed by atoms with Gasteiger partial charge in [-0.05, 0) is 36.5 Å². The lowest BCUT2D eigenvalue weighted by Crippen LogP contribution is -1.99. The summed E-state index contributed by atoms with van der Waals surface area (Å²) >= 11 is 0. The second kappa shape index (κ2) is 6.40. The fourth-order valence-electron chi connectivity index (χ4n) is 2.61. The molecule has 0 amide bonds. The van der Waals surface area contributed by atoms with E-state index in [-0.39, 0.29) is 0 Å². The smallest absolute Gasteiger partial charge is 0.0568 e. The van der Waals surface area contributed by atoms with Crippen LogP contribution in [0.1, 0.15) is 17.5 Å². The Hall–Kier alpha value is -2.35. The van der Waals surface area contributed by atoms with Crippen molar-refractivity contribution in [2.75, 3.05) is 0 Å². The van der Waals surface area contributed by atoms with Gasteiger partial charge in [0.05, 0.1) is 6.20 Å². The lowest BCUT2D eigenvalue weighted by atomic mass is 10.0. The fourth-order valence-corrected chi connectivity index (χ4v) is 2.61. The summed E-state index contributed by atoms with van der Waals surface area (Å²) < 4.78 is 2.05. The van der Waals surface area contributed by atoms with E-state index in [4.69, 9.17) is 0 Å². The summed E-state index contributed by atoms with van der Waals surface area (Å²) in [4.78, 5) is 0. The lowest BCUT2D eigenvalue weighted by molar-refractivity contribution is 0.579. The molecule has 21 heavy (non-hydrogen) atoms. The molecule has 0 N–H and O–H groups in total. The first-order valence-corrected chi connectivity index (χ1v) is 7.45. The Morgan fingerprint density at radius 3 is 2.52 bits per heavy atom. The van der Waals surface area contributed by atoms with Gasteiger partial charge in [0.15, 0.2) is 0 Å². The van der Waals surface area contributed by atoms with Gasteiger partial charge in [0.2, 0.25) is 0 Å². The molecule has 2 aromatic carbocycles. The monoisotopic (exact) mass is 276 g/mol. The number of hydrogen-bond donors (Lipinski definition) is 0. The molecule has 106 valence electrons. The number of benzene rings is 2. The van der Waals surface area contributed by atoms with Gasteiger partial charge < -0.3 is 0 Å². The molecular formula is C19H20N2. The molecule has 0 aliphatic rings. The molecule has 0 saturated carbocycles. The van der Waals surface area contributed by atoms with Crippen molar-refractivity contribution in [2.24, 2.45) is 0 Å². The third-order valence-corrected chi connectivity index (χ3v) is 3.78. The maximum Gasteiger partial charge on any atom is 0.0568 e. The van der Waals surface area contributed by atoms with Crippen LogP contribution >= 0.6 is 0 Å². The Balaban J connectivity index is 1.62. The SMILES string of the molecule is Cc1ccccc1-c1cnn(CCCc2ccccc2)c1. The van der Waals surface area contributed by atoms with Crippen LogP contribution < -0.4 is 0 Å². The van der Waals surface area contributed by atoms with Crippen molar-refractivity contribution < 1.29 is 0 Å². The molecule has 0 aliphatic carbocycles. The van der Waals surface area contributed by atoms with Gasteiger partial charge >= 0.3 is 0 Å². The van der Waals surface area contributed by atoms with Crippen LogP contribution in [0.5, 0.6) is 0 Å². The second-order valence-electron chi connectivity index (χ2n) is 5.40. The largest absolute Gasteiger partial charge is 0.272 e. The Bertz CT molecular complexity index is 698. The van der Waals surface area contributed by atoms with Crippen LogP contribution in [0.3, 0.4) is 0 Å². The third kappa shape index (κ3) is 3.40. The highest BCUT2D eigenvalue weighted by Crippen LogP contribution is 2.22. The summed E-state index contributed by atoms with van der Waals surface area (Å²) in [5, 5.41) is 4.48. The van der Waals surface area contributed by atoms with E-state index in [1.807, 2.05) is 10.9 Å². The zero-order valence-corrected chi connectivity index (χ0v) is 12.4. The van der Waals surface area contributed by atoms with Crippen molar-refractivity contribution in [1.82, 2.24) is 9.78 Å². The minimum Gasteiger partial charge on any atom is -0.272 e. The van der Waals surface area contributed by atoms with Crippen LogP contribution in [-0.2, 0) is 13.0 Å². The summed E-state index contributed by atoms with van der Waals surface area (Å²) in [6.45, 7) is 3.10. The first kappa shape index (κ1) is 13.6. The van der Waals surface area contributed by atoms with E-state index in [1.54, 1.807) is 0 Å². The number of aromatic nitrogens is 2. The number of aryl methyl sites for hydroxylation is 3. The van der Waals surface area contributed by atoms with Gasteiger partial charge in [0.1, 0.15) is 0 Å². The summed E-state index contributed by atoms with van der Waals surface area (Å²) in [7, 11) is 0. The maximum atomic E-state index is 4.48. The number of nitrogens with zero attached hydrogens (tertiary/aromatic N) is 2. The summed E-state index contributed by atoms with van der Waals surface area (Å²) in [5.74, 6) is 0. The summed E-state index contributed by atoms with van der Waals surface area (Å²) in [6.07, 6.45) is 6.32. The molecule has 0 fully saturated rings. The standard InChI is InChI=1S/C19H20N2/c1-16-8-5-6-12-19(16)18-14-20-21(15-18)13-7-11-17-9-3-2-4-10-17/h2-6,8-10,12,14-15H,7,11,13H2,1H3. The first-order valence-electron chi connectivity index (χ1n) is 7.45. The molecule has 2 nitrogen and oxygen atoms in total. The minimum absolute atomic E-state index is 0.959. The Labute approximate surface area is 126 Å². The molecule has 0 atom stereocenters. The molecule has 0 spiro atoms. The molecule has 1 aromatic heterocycles. The van der Waals surface area contributed by atoms with E-state index >= 15 is 0 Å². The van der Waals surface area contributed by atoms with Crippen molar-refractivity contribution in [1.29, 1.82) is 0 Å². The fraction of sp³-hybridized carbons (Fsp3) is 0.211. The van der Waals surface area contributed by atoms with Crippen LogP contribution in [0.4, 0.5) is 0 Å². The van der Waals surface area contributed by atoms with Gasteiger partial charge in [0, 0.05) is 18.3 Å².